The summed E-state index contributed by atoms with van der Waals surface area (Å²) in [4.78, 5) is 7.64. The first-order valence-electron chi connectivity index (χ1n) is 7.02. The van der Waals surface area contributed by atoms with Gasteiger partial charge in [-0.2, -0.15) is 0 Å². The molecular weight excluding hydrogens is 278 g/mol. The average molecular weight is 299 g/mol. The van der Waals surface area contributed by atoms with Gasteiger partial charge in [-0.25, -0.2) is 8.42 Å². The van der Waals surface area contributed by atoms with Crippen LogP contribution in [0.5, 0.6) is 5.75 Å². The van der Waals surface area contributed by atoms with Crippen LogP contribution in [0.4, 0.5) is 0 Å². The number of nitrogens with one attached hydrogen (secondary N) is 1. The van der Waals surface area contributed by atoms with Gasteiger partial charge in [-0.15, -0.1) is 0 Å². The van der Waals surface area contributed by atoms with Gasteiger partial charge < -0.3 is 4.74 Å². The third kappa shape index (κ3) is 4.19. The van der Waals surface area contributed by atoms with E-state index in [-0.39, 0.29) is 11.0 Å². The lowest BCUT2D eigenvalue weighted by Gasteiger charge is -2.12. The fourth-order valence-corrected chi connectivity index (χ4v) is 2.97. The van der Waals surface area contributed by atoms with E-state index < -0.39 is 10.0 Å². The Labute approximate surface area is 120 Å². The van der Waals surface area contributed by atoms with E-state index in [1.165, 1.54) is 12.1 Å². The van der Waals surface area contributed by atoms with Crippen molar-refractivity contribution in [3.05, 3.63) is 24.3 Å². The second-order valence-electron chi connectivity index (χ2n) is 4.93. The highest BCUT2D eigenvalue weighted by Crippen LogP contribution is 2.21. The molecule has 20 heavy (non-hydrogen) atoms. The molecule has 1 fully saturated rings. The van der Waals surface area contributed by atoms with Crippen LogP contribution in [0.3, 0.4) is 0 Å². The normalized spacial score (nSPS) is 16.4. The molecule has 0 radical (unpaired) electrons. The zero-order chi connectivity index (χ0) is 14.4. The van der Waals surface area contributed by atoms with Crippen molar-refractivity contribution in [3.63, 3.8) is 0 Å². The monoisotopic (exact) mass is 299 g/mol. The summed E-state index contributed by atoms with van der Waals surface area (Å²) < 4.78 is 29.5. The van der Waals surface area contributed by atoms with Crippen LogP contribution in [0.2, 0.25) is 0 Å². The Balaban J connectivity index is 1.94. The van der Waals surface area contributed by atoms with E-state index in [0.717, 1.165) is 32.1 Å². The minimum absolute atomic E-state index is 0.00284. The Morgan fingerprint density at radius 2 is 1.85 bits per heavy atom. The minimum Gasteiger partial charge on any atom is -0.494 e. The standard InChI is InChI=1S/C14H21NO4S/c1-2-11-18-12-7-9-14(10-8-12)20(16,17)15-19-13-5-3-4-6-13/h7-10,13,15H,2-6,11H2,1H3. The molecule has 0 heterocycles. The van der Waals surface area contributed by atoms with Gasteiger partial charge >= 0.3 is 0 Å². The molecule has 0 spiro atoms. The molecule has 2 rings (SSSR count). The lowest BCUT2D eigenvalue weighted by molar-refractivity contribution is 0.0223. The number of hydrogen-bond acceptors (Lipinski definition) is 4. The topological polar surface area (TPSA) is 64.6 Å². The third-order valence-corrected chi connectivity index (χ3v) is 4.44. The SMILES string of the molecule is CCCOc1ccc(S(=O)(=O)NOC2CCCC2)cc1. The van der Waals surface area contributed by atoms with E-state index in [1.54, 1.807) is 12.1 Å². The predicted molar refractivity (Wildman–Crippen MR) is 75.9 cm³/mol. The molecule has 6 heteroatoms. The maximum Gasteiger partial charge on any atom is 0.262 e. The summed E-state index contributed by atoms with van der Waals surface area (Å²) in [7, 11) is -3.61. The van der Waals surface area contributed by atoms with Crippen LogP contribution >= 0.6 is 0 Å². The largest absolute Gasteiger partial charge is 0.494 e. The highest BCUT2D eigenvalue weighted by molar-refractivity contribution is 7.89. The fraction of sp³-hybridized carbons (Fsp3) is 0.571. The van der Waals surface area contributed by atoms with Gasteiger partial charge in [0.2, 0.25) is 0 Å². The summed E-state index contributed by atoms with van der Waals surface area (Å²) in [6.07, 6.45) is 4.92. The van der Waals surface area contributed by atoms with Crippen molar-refractivity contribution in [2.45, 2.75) is 50.0 Å². The van der Waals surface area contributed by atoms with E-state index >= 15 is 0 Å². The van der Waals surface area contributed by atoms with Crippen LogP contribution in [0.1, 0.15) is 39.0 Å². The third-order valence-electron chi connectivity index (χ3n) is 3.23. The molecule has 5 nitrogen and oxygen atoms in total. The summed E-state index contributed by atoms with van der Waals surface area (Å²) in [5.74, 6) is 0.669. The Hall–Kier alpha value is -1.11. The van der Waals surface area contributed by atoms with Crippen LogP contribution in [0, 0.1) is 0 Å². The Morgan fingerprint density at radius 1 is 1.20 bits per heavy atom. The molecule has 1 aromatic carbocycles. The summed E-state index contributed by atoms with van der Waals surface area (Å²) in [5.41, 5.74) is 0. The van der Waals surface area contributed by atoms with Gasteiger partial charge in [-0.05, 0) is 43.5 Å². The first kappa shape index (κ1) is 15.3. The van der Waals surface area contributed by atoms with Gasteiger partial charge in [-0.1, -0.05) is 24.7 Å². The van der Waals surface area contributed by atoms with Crippen LogP contribution in [-0.2, 0) is 14.9 Å². The van der Waals surface area contributed by atoms with Crippen molar-refractivity contribution < 1.29 is 18.0 Å². The van der Waals surface area contributed by atoms with E-state index in [4.69, 9.17) is 9.57 Å². The van der Waals surface area contributed by atoms with Crippen molar-refractivity contribution in [2.75, 3.05) is 6.61 Å². The van der Waals surface area contributed by atoms with Crippen LogP contribution in [0.15, 0.2) is 29.2 Å². The number of sulfonamides is 1. The van der Waals surface area contributed by atoms with Crippen LogP contribution < -0.4 is 9.62 Å². The number of rotatable bonds is 7. The van der Waals surface area contributed by atoms with Gasteiger partial charge in [0.25, 0.3) is 10.0 Å². The molecule has 1 N–H and O–H groups in total. The van der Waals surface area contributed by atoms with Crippen molar-refractivity contribution in [2.24, 2.45) is 0 Å². The van der Waals surface area contributed by atoms with Crippen molar-refractivity contribution in [1.82, 2.24) is 4.89 Å². The Morgan fingerprint density at radius 3 is 2.45 bits per heavy atom. The second kappa shape index (κ2) is 7.06. The van der Waals surface area contributed by atoms with Gasteiger partial charge in [0, 0.05) is 0 Å². The predicted octanol–water partition coefficient (Wildman–Crippen LogP) is 2.63. The van der Waals surface area contributed by atoms with Crippen molar-refractivity contribution in [1.29, 1.82) is 0 Å². The van der Waals surface area contributed by atoms with E-state index in [2.05, 4.69) is 4.89 Å². The molecule has 0 aliphatic heterocycles. The molecule has 1 aliphatic rings. The Kier molecular flexibility index (Phi) is 5.39. The summed E-state index contributed by atoms with van der Waals surface area (Å²) in [6.45, 7) is 2.64. The highest BCUT2D eigenvalue weighted by Gasteiger charge is 2.20. The van der Waals surface area contributed by atoms with E-state index in [1.807, 2.05) is 6.92 Å². The van der Waals surface area contributed by atoms with Gasteiger partial charge in [0.1, 0.15) is 5.75 Å². The maximum absolute atomic E-state index is 12.0. The molecule has 0 bridgehead atoms. The zero-order valence-electron chi connectivity index (χ0n) is 11.7. The summed E-state index contributed by atoms with van der Waals surface area (Å²) in [6, 6.07) is 6.34. The summed E-state index contributed by atoms with van der Waals surface area (Å²) in [5, 5.41) is 0. The molecule has 1 aromatic rings. The number of hydrogen-bond donors (Lipinski definition) is 1. The lowest BCUT2D eigenvalue weighted by Crippen LogP contribution is -2.28. The van der Waals surface area contributed by atoms with Crippen LogP contribution in [-0.4, -0.2) is 21.1 Å². The Bertz CT molecular complexity index is 506. The quantitative estimate of drug-likeness (QED) is 0.786. The van der Waals surface area contributed by atoms with E-state index in [0.29, 0.717) is 12.4 Å². The first-order valence-corrected chi connectivity index (χ1v) is 8.50. The molecular formula is C14H21NO4S. The number of ether oxygens (including phenoxy) is 1. The first-order chi connectivity index (χ1) is 9.62. The molecule has 0 amide bonds. The summed E-state index contributed by atoms with van der Waals surface area (Å²) >= 11 is 0. The number of benzene rings is 1. The second-order valence-corrected chi connectivity index (χ2v) is 6.58. The molecule has 0 atom stereocenters. The highest BCUT2D eigenvalue weighted by atomic mass is 32.2. The average Bonchev–Trinajstić information content (AvgIpc) is 2.97. The van der Waals surface area contributed by atoms with Crippen molar-refractivity contribution >= 4 is 10.0 Å². The van der Waals surface area contributed by atoms with Gasteiger partial charge in [0.15, 0.2) is 0 Å². The lowest BCUT2D eigenvalue weighted by atomic mass is 10.3. The molecule has 1 saturated carbocycles. The fourth-order valence-electron chi connectivity index (χ4n) is 2.12. The van der Waals surface area contributed by atoms with Crippen molar-refractivity contribution in [3.8, 4) is 5.75 Å². The van der Waals surface area contributed by atoms with E-state index in [9.17, 15) is 8.42 Å². The zero-order valence-corrected chi connectivity index (χ0v) is 12.5. The maximum atomic E-state index is 12.0. The smallest absolute Gasteiger partial charge is 0.262 e. The minimum atomic E-state index is -3.61. The van der Waals surface area contributed by atoms with Gasteiger partial charge in [-0.3, -0.25) is 4.84 Å². The molecule has 0 unspecified atom stereocenters. The van der Waals surface area contributed by atoms with Gasteiger partial charge in [0.05, 0.1) is 17.6 Å². The molecule has 0 saturated heterocycles. The molecule has 112 valence electrons. The molecule has 0 aromatic heterocycles. The van der Waals surface area contributed by atoms with Crippen LogP contribution in [0.25, 0.3) is 0 Å². The molecule has 1 aliphatic carbocycles.